The minimum atomic E-state index is -4.35. The molecule has 0 aliphatic rings. The molecule has 0 aromatic heterocycles. The first-order chi connectivity index (χ1) is 6.40. The van der Waals surface area contributed by atoms with Crippen molar-refractivity contribution in [1.29, 1.82) is 0 Å². The van der Waals surface area contributed by atoms with Crippen molar-refractivity contribution in [3.05, 3.63) is 0 Å². The van der Waals surface area contributed by atoms with Gasteiger partial charge >= 0.3 is 57.4 Å². The van der Waals surface area contributed by atoms with E-state index in [9.17, 15) is 17.8 Å². The fourth-order valence-electron chi connectivity index (χ4n) is 0.651. The zero-order chi connectivity index (χ0) is 11.2. The number of nitrogens with two attached hydrogens (primary N) is 2. The summed E-state index contributed by atoms with van der Waals surface area (Å²) in [4.78, 5) is 11.0. The quantitative estimate of drug-likeness (QED) is 0.277. The normalized spacial score (nSPS) is 10.9. The van der Waals surface area contributed by atoms with Crippen molar-refractivity contribution < 1.29 is 73.9 Å². The molecule has 0 spiro atoms. The molecule has 0 heterocycles. The third kappa shape index (κ3) is 9.84. The molecule has 0 amide bonds. The molecule has 15 heavy (non-hydrogen) atoms. The van der Waals surface area contributed by atoms with E-state index in [1.54, 1.807) is 0 Å². The predicted molar refractivity (Wildman–Crippen MR) is 47.1 cm³/mol. The van der Waals surface area contributed by atoms with Gasteiger partial charge in [0.25, 0.3) is 0 Å². The van der Waals surface area contributed by atoms with Crippen molar-refractivity contribution in [3.8, 4) is 0 Å². The van der Waals surface area contributed by atoms with E-state index in [1.165, 1.54) is 0 Å². The summed E-state index contributed by atoms with van der Waals surface area (Å²) in [5.74, 6) is -2.07. The number of ether oxygens (including phenoxy) is 1. The summed E-state index contributed by atoms with van der Waals surface area (Å²) in [6.07, 6.45) is 0. The van der Waals surface area contributed by atoms with Crippen LogP contribution in [0.1, 0.15) is 0 Å². The Kier molecular flexibility index (Phi) is 11.0. The van der Waals surface area contributed by atoms with Gasteiger partial charge in [0, 0.05) is 13.1 Å². The van der Waals surface area contributed by atoms with Gasteiger partial charge in [-0.25, -0.2) is 8.42 Å². The molecule has 4 N–H and O–H groups in total. The molecule has 0 rings (SSSR count). The minimum absolute atomic E-state index is 0. The number of hydrogen-bond acceptors (Lipinski definition) is 7. The summed E-state index contributed by atoms with van der Waals surface area (Å²) in [6, 6.07) is 0. The van der Waals surface area contributed by atoms with Crippen molar-refractivity contribution in [2.24, 2.45) is 17.4 Å². The van der Waals surface area contributed by atoms with Crippen LogP contribution in [0.25, 0.3) is 0 Å². The Morgan fingerprint density at radius 2 is 1.80 bits per heavy atom. The van der Waals surface area contributed by atoms with Crippen LogP contribution < -0.4 is 62.9 Å². The van der Waals surface area contributed by atoms with Gasteiger partial charge in [-0.1, -0.05) is 0 Å². The zero-order valence-corrected chi connectivity index (χ0v) is 12.4. The summed E-state index contributed by atoms with van der Waals surface area (Å²) >= 11 is 0. The van der Waals surface area contributed by atoms with Crippen molar-refractivity contribution in [2.75, 3.05) is 25.4 Å². The monoisotopic (exact) mass is 264 g/mol. The number of hydrogen-bond donors (Lipinski definition) is 2. The molecule has 0 radical (unpaired) electrons. The number of carbonyl (C=O) groups is 1. The summed E-state index contributed by atoms with van der Waals surface area (Å²) in [5.41, 5.74) is 10.4. The summed E-state index contributed by atoms with van der Waals surface area (Å²) < 4.78 is 34.9. The molecule has 0 unspecified atom stereocenters. The zero-order valence-electron chi connectivity index (χ0n) is 8.51. The fraction of sp³-hybridized carbons (Fsp3) is 0.833. The van der Waals surface area contributed by atoms with Gasteiger partial charge in [0.1, 0.15) is 6.61 Å². The van der Waals surface area contributed by atoms with Crippen molar-refractivity contribution in [2.45, 2.75) is 0 Å². The number of rotatable bonds is 6. The van der Waals surface area contributed by atoms with Crippen molar-refractivity contribution >= 4 is 16.1 Å². The van der Waals surface area contributed by atoms with Crippen molar-refractivity contribution in [3.63, 3.8) is 0 Å². The molecule has 0 saturated carbocycles. The van der Waals surface area contributed by atoms with E-state index in [1.807, 2.05) is 0 Å². The van der Waals surface area contributed by atoms with E-state index in [4.69, 9.17) is 11.5 Å². The second-order valence-corrected chi connectivity index (χ2v) is 4.12. The minimum Gasteiger partial charge on any atom is -0.748 e. The maximum absolute atomic E-state index is 11.0. The first-order valence-corrected chi connectivity index (χ1v) is 5.48. The molecular weight excluding hydrogens is 251 g/mol. The molecule has 0 aromatic rings. The van der Waals surface area contributed by atoms with E-state index in [2.05, 4.69) is 4.74 Å². The summed E-state index contributed by atoms with van der Waals surface area (Å²) in [7, 11) is -4.35. The van der Waals surface area contributed by atoms with Gasteiger partial charge in [0.15, 0.2) is 0 Å². The molecular formula is C6H13KN2O5S. The van der Waals surface area contributed by atoms with Crippen LogP contribution in [0.5, 0.6) is 0 Å². The van der Waals surface area contributed by atoms with Crippen LogP contribution in [0.3, 0.4) is 0 Å². The van der Waals surface area contributed by atoms with Crippen LogP contribution in [-0.4, -0.2) is 44.4 Å². The van der Waals surface area contributed by atoms with Crippen LogP contribution in [0.4, 0.5) is 0 Å². The number of carbonyl (C=O) groups excluding carboxylic acids is 1. The maximum Gasteiger partial charge on any atom is 1.00 e. The molecule has 84 valence electrons. The average Bonchev–Trinajstić information content (AvgIpc) is 2.04. The van der Waals surface area contributed by atoms with Crippen LogP contribution in [-0.2, 0) is 19.6 Å². The Morgan fingerprint density at radius 1 is 1.33 bits per heavy atom. The average molecular weight is 264 g/mol. The molecule has 7 nitrogen and oxygen atoms in total. The van der Waals surface area contributed by atoms with Gasteiger partial charge in [0.2, 0.25) is 0 Å². The second-order valence-electron chi connectivity index (χ2n) is 2.60. The molecule has 0 atom stereocenters. The Labute approximate surface area is 131 Å². The number of esters is 1. The fourth-order valence-corrected chi connectivity index (χ4v) is 0.938. The van der Waals surface area contributed by atoms with E-state index < -0.39 is 34.4 Å². The van der Waals surface area contributed by atoms with Gasteiger partial charge in [0.05, 0.1) is 21.8 Å². The van der Waals surface area contributed by atoms with Gasteiger partial charge in [-0.3, -0.25) is 4.79 Å². The Balaban J connectivity index is 0. The Bertz CT molecular complexity index is 277. The van der Waals surface area contributed by atoms with Crippen LogP contribution in [0.15, 0.2) is 0 Å². The van der Waals surface area contributed by atoms with Crippen LogP contribution in [0, 0.1) is 5.92 Å². The third-order valence-corrected chi connectivity index (χ3v) is 2.15. The van der Waals surface area contributed by atoms with E-state index in [0.717, 1.165) is 0 Å². The van der Waals surface area contributed by atoms with Crippen LogP contribution in [0.2, 0.25) is 0 Å². The molecule has 0 saturated heterocycles. The SMILES string of the molecule is NCC(CN)C(=O)OCCS(=O)(=O)[O-].[K+]. The van der Waals surface area contributed by atoms with E-state index >= 15 is 0 Å². The summed E-state index contributed by atoms with van der Waals surface area (Å²) in [5, 5.41) is 0. The van der Waals surface area contributed by atoms with E-state index in [0.29, 0.717) is 0 Å². The molecule has 0 aromatic carbocycles. The largest absolute Gasteiger partial charge is 1.00 e. The maximum atomic E-state index is 11.0. The predicted octanol–water partition coefficient (Wildman–Crippen LogP) is -5.39. The molecule has 9 heteroatoms. The topological polar surface area (TPSA) is 136 Å². The third-order valence-electron chi connectivity index (χ3n) is 1.48. The second kappa shape index (κ2) is 9.02. The van der Waals surface area contributed by atoms with Gasteiger partial charge in [-0.15, -0.1) is 0 Å². The van der Waals surface area contributed by atoms with Gasteiger partial charge in [-0.05, 0) is 0 Å². The molecule has 0 aliphatic carbocycles. The van der Waals surface area contributed by atoms with E-state index in [-0.39, 0.29) is 64.5 Å². The van der Waals surface area contributed by atoms with Crippen LogP contribution >= 0.6 is 0 Å². The molecule has 0 bridgehead atoms. The smallest absolute Gasteiger partial charge is 0.748 e. The first-order valence-electron chi connectivity index (χ1n) is 3.91. The summed E-state index contributed by atoms with van der Waals surface area (Å²) in [6.45, 7) is -0.403. The molecule has 0 fully saturated rings. The van der Waals surface area contributed by atoms with Crippen molar-refractivity contribution in [1.82, 2.24) is 0 Å². The van der Waals surface area contributed by atoms with Gasteiger partial charge in [-0.2, -0.15) is 0 Å². The standard InChI is InChI=1S/C6H14N2O5S.K/c7-3-5(4-8)6(9)13-1-2-14(10,11)12;/h5H,1-4,7-8H2,(H,10,11,12);/q;+1/p-1. The first kappa shape index (κ1) is 18.3. The van der Waals surface area contributed by atoms with Gasteiger partial charge < -0.3 is 20.8 Å². The Morgan fingerprint density at radius 3 is 2.13 bits per heavy atom. The Hall–Kier alpha value is 0.936. The molecule has 0 aliphatic heterocycles.